The predicted molar refractivity (Wildman–Crippen MR) is 152 cm³/mol. The second kappa shape index (κ2) is 14.8. The summed E-state index contributed by atoms with van der Waals surface area (Å²) in [6.07, 6.45) is -0.278. The number of allylic oxidation sites excluding steroid dienone is 2. The molecule has 3 N–H and O–H groups in total. The number of nitrogens with zero attached hydrogens (tertiary/aromatic N) is 2. The van der Waals surface area contributed by atoms with Crippen LogP contribution in [0.2, 0.25) is 0 Å². The molecule has 0 fully saturated rings. The summed E-state index contributed by atoms with van der Waals surface area (Å²) in [7, 11) is 1.14. The molecule has 1 aliphatic rings. The van der Waals surface area contributed by atoms with Crippen molar-refractivity contribution in [1.82, 2.24) is 10.6 Å². The van der Waals surface area contributed by atoms with Gasteiger partial charge in [-0.05, 0) is 30.2 Å². The highest BCUT2D eigenvalue weighted by molar-refractivity contribution is 6.00. The molecule has 0 aromatic heterocycles. The van der Waals surface area contributed by atoms with Crippen LogP contribution < -0.4 is 15.4 Å². The van der Waals surface area contributed by atoms with Crippen molar-refractivity contribution in [1.29, 1.82) is 5.26 Å². The van der Waals surface area contributed by atoms with Crippen LogP contribution in [0.15, 0.2) is 71.1 Å². The van der Waals surface area contributed by atoms with Crippen LogP contribution in [0.3, 0.4) is 0 Å². The average Bonchev–Trinajstić information content (AvgIpc) is 2.98. The Hall–Kier alpha value is -4.73. The standard InChI is InChI=1S/C30H34N4O8/c1-18(2)32-16-23(35)17-42-24-10-8-20(9-11-24)12-13-41-30(37)26-19(3)33-25(15-31)28(29(36)40-4)27(26)21-6-5-7-22(14-21)34(38)39/h5-11,14,18,23,27,32-33,35H,12-13,16-17H2,1-4H3. The van der Waals surface area contributed by atoms with Gasteiger partial charge in [0.05, 0.1) is 35.7 Å². The molecule has 1 heterocycles. The molecule has 0 radical (unpaired) electrons. The average molecular weight is 579 g/mol. The molecular weight excluding hydrogens is 544 g/mol. The Morgan fingerprint density at radius 3 is 2.50 bits per heavy atom. The number of carbonyl (C=O) groups excluding carboxylic acids is 2. The highest BCUT2D eigenvalue weighted by Gasteiger charge is 2.39. The van der Waals surface area contributed by atoms with E-state index in [-0.39, 0.29) is 53.0 Å². The van der Waals surface area contributed by atoms with Crippen molar-refractivity contribution in [3.8, 4) is 11.8 Å². The van der Waals surface area contributed by atoms with E-state index in [9.17, 15) is 30.1 Å². The quantitative estimate of drug-likeness (QED) is 0.181. The third kappa shape index (κ3) is 8.15. The van der Waals surface area contributed by atoms with Gasteiger partial charge < -0.3 is 30.0 Å². The van der Waals surface area contributed by atoms with Crippen LogP contribution in [0.1, 0.15) is 37.8 Å². The van der Waals surface area contributed by atoms with Crippen LogP contribution in [0.4, 0.5) is 5.69 Å². The molecule has 0 saturated heterocycles. The second-order valence-corrected chi connectivity index (χ2v) is 9.90. The van der Waals surface area contributed by atoms with Gasteiger partial charge in [0, 0.05) is 36.8 Å². The van der Waals surface area contributed by atoms with Gasteiger partial charge in [-0.2, -0.15) is 5.26 Å². The molecule has 2 aromatic rings. The Bertz CT molecular complexity index is 1410. The number of esters is 2. The normalized spacial score (nSPS) is 15.5. The number of aliphatic hydroxyl groups is 1. The Balaban J connectivity index is 1.73. The van der Waals surface area contributed by atoms with Crippen LogP contribution in [-0.4, -0.2) is 61.0 Å². The molecule has 0 aliphatic carbocycles. The van der Waals surface area contributed by atoms with Crippen molar-refractivity contribution in [3.63, 3.8) is 0 Å². The summed E-state index contributed by atoms with van der Waals surface area (Å²) in [5.74, 6) is -2.16. The zero-order valence-electron chi connectivity index (χ0n) is 23.9. The molecule has 12 heteroatoms. The first-order valence-corrected chi connectivity index (χ1v) is 13.3. The maximum atomic E-state index is 13.4. The SMILES string of the molecule is COC(=O)C1=C(C#N)NC(C)=C(C(=O)OCCc2ccc(OCC(O)CNC(C)C)cc2)C1c1cccc([N+](=O)[O-])c1. The number of hydrogen-bond acceptors (Lipinski definition) is 11. The predicted octanol–water partition coefficient (Wildman–Crippen LogP) is 3.03. The molecule has 0 bridgehead atoms. The van der Waals surface area contributed by atoms with Crippen LogP contribution in [0, 0.1) is 21.4 Å². The number of hydrogen-bond donors (Lipinski definition) is 3. The molecule has 2 unspecified atom stereocenters. The zero-order chi connectivity index (χ0) is 30.8. The van der Waals surface area contributed by atoms with E-state index in [0.717, 1.165) is 12.7 Å². The molecule has 0 saturated carbocycles. The van der Waals surface area contributed by atoms with Crippen molar-refractivity contribution < 1.29 is 33.8 Å². The van der Waals surface area contributed by atoms with E-state index in [2.05, 4.69) is 10.6 Å². The number of rotatable bonds is 13. The second-order valence-electron chi connectivity index (χ2n) is 9.90. The van der Waals surface area contributed by atoms with Gasteiger partial charge in [-0.3, -0.25) is 10.1 Å². The minimum absolute atomic E-state index is 0.000556. The topological polar surface area (TPSA) is 173 Å². The smallest absolute Gasteiger partial charge is 0.337 e. The minimum Gasteiger partial charge on any atom is -0.491 e. The van der Waals surface area contributed by atoms with E-state index in [4.69, 9.17) is 14.2 Å². The van der Waals surface area contributed by atoms with Gasteiger partial charge in [0.1, 0.15) is 30.2 Å². The number of nitrogens with one attached hydrogen (secondary N) is 2. The molecule has 1 aliphatic heterocycles. The lowest BCUT2D eigenvalue weighted by Crippen LogP contribution is -2.35. The van der Waals surface area contributed by atoms with E-state index in [1.165, 1.54) is 24.3 Å². The monoisotopic (exact) mass is 578 g/mol. The minimum atomic E-state index is -1.14. The molecule has 0 amide bonds. The number of ether oxygens (including phenoxy) is 3. The summed E-state index contributed by atoms with van der Waals surface area (Å²) in [6.45, 7) is 6.10. The fourth-order valence-electron chi connectivity index (χ4n) is 4.38. The number of nitro groups is 1. The van der Waals surface area contributed by atoms with Crippen molar-refractivity contribution in [2.24, 2.45) is 0 Å². The summed E-state index contributed by atoms with van der Waals surface area (Å²) in [4.78, 5) is 37.0. The number of dihydropyridines is 1. The molecule has 12 nitrogen and oxygen atoms in total. The first kappa shape index (κ1) is 31.8. The Kier molecular flexibility index (Phi) is 11.2. The van der Waals surface area contributed by atoms with Crippen molar-refractivity contribution in [2.75, 3.05) is 26.9 Å². The third-order valence-corrected chi connectivity index (χ3v) is 6.47. The van der Waals surface area contributed by atoms with Crippen molar-refractivity contribution in [3.05, 3.63) is 92.3 Å². The van der Waals surface area contributed by atoms with Gasteiger partial charge >= 0.3 is 11.9 Å². The maximum Gasteiger partial charge on any atom is 0.337 e. The molecule has 222 valence electrons. The largest absolute Gasteiger partial charge is 0.491 e. The lowest BCUT2D eigenvalue weighted by Gasteiger charge is -2.29. The van der Waals surface area contributed by atoms with Crippen LogP contribution >= 0.6 is 0 Å². The van der Waals surface area contributed by atoms with Gasteiger partial charge in [-0.1, -0.05) is 38.1 Å². The number of benzene rings is 2. The number of aliphatic hydroxyl groups excluding tert-OH is 1. The fraction of sp³-hybridized carbons (Fsp3) is 0.367. The molecule has 42 heavy (non-hydrogen) atoms. The highest BCUT2D eigenvalue weighted by atomic mass is 16.6. The van der Waals surface area contributed by atoms with Gasteiger partial charge in [0.2, 0.25) is 0 Å². The maximum absolute atomic E-state index is 13.4. The van der Waals surface area contributed by atoms with Gasteiger partial charge in [-0.25, -0.2) is 9.59 Å². The van der Waals surface area contributed by atoms with E-state index in [1.807, 2.05) is 32.0 Å². The van der Waals surface area contributed by atoms with E-state index in [1.54, 1.807) is 19.1 Å². The lowest BCUT2D eigenvalue weighted by molar-refractivity contribution is -0.384. The number of methoxy groups -OCH3 is 1. The zero-order valence-corrected chi connectivity index (χ0v) is 23.9. The Morgan fingerprint density at radius 1 is 1.17 bits per heavy atom. The van der Waals surface area contributed by atoms with Crippen LogP contribution in [0.25, 0.3) is 0 Å². The molecular formula is C30H34N4O8. The van der Waals surface area contributed by atoms with E-state index < -0.39 is 28.9 Å². The Morgan fingerprint density at radius 2 is 1.88 bits per heavy atom. The number of non-ortho nitro benzene ring substituents is 1. The number of carbonyl (C=O) groups is 2. The fourth-order valence-corrected chi connectivity index (χ4v) is 4.38. The van der Waals surface area contributed by atoms with Crippen LogP contribution in [0.5, 0.6) is 5.75 Å². The van der Waals surface area contributed by atoms with Gasteiger partial charge in [-0.15, -0.1) is 0 Å². The number of nitro benzene ring substituents is 1. The third-order valence-electron chi connectivity index (χ3n) is 6.47. The molecule has 2 atom stereocenters. The first-order chi connectivity index (χ1) is 20.0. The molecule has 0 spiro atoms. The molecule has 3 rings (SSSR count). The highest BCUT2D eigenvalue weighted by Crippen LogP contribution is 2.40. The molecule has 2 aromatic carbocycles. The van der Waals surface area contributed by atoms with E-state index >= 15 is 0 Å². The van der Waals surface area contributed by atoms with Gasteiger partial charge in [0.25, 0.3) is 5.69 Å². The first-order valence-electron chi connectivity index (χ1n) is 13.3. The van der Waals surface area contributed by atoms with E-state index in [0.29, 0.717) is 18.7 Å². The van der Waals surface area contributed by atoms with Crippen molar-refractivity contribution in [2.45, 2.75) is 45.3 Å². The summed E-state index contributed by atoms with van der Waals surface area (Å²) in [6, 6.07) is 14.8. The summed E-state index contributed by atoms with van der Waals surface area (Å²) < 4.78 is 16.1. The van der Waals surface area contributed by atoms with Crippen molar-refractivity contribution >= 4 is 17.6 Å². The summed E-state index contributed by atoms with van der Waals surface area (Å²) in [5.41, 5.74) is 0.898. The summed E-state index contributed by atoms with van der Waals surface area (Å²) in [5, 5.41) is 37.1. The Labute approximate surface area is 243 Å². The van der Waals surface area contributed by atoms with Crippen LogP contribution in [-0.2, 0) is 25.5 Å². The number of nitriles is 1. The summed E-state index contributed by atoms with van der Waals surface area (Å²) >= 11 is 0. The lowest BCUT2D eigenvalue weighted by atomic mass is 9.80. The van der Waals surface area contributed by atoms with Gasteiger partial charge in [0.15, 0.2) is 0 Å².